The molecule has 0 N–H and O–H groups in total. The minimum absolute atomic E-state index is 1.02. The van der Waals surface area contributed by atoms with Crippen molar-refractivity contribution in [1.82, 2.24) is 0 Å². The summed E-state index contributed by atoms with van der Waals surface area (Å²) in [4.78, 5) is 0. The molecule has 0 amide bonds. The third-order valence-electron chi connectivity index (χ3n) is 1.95. The molecule has 0 fully saturated rings. The lowest BCUT2D eigenvalue weighted by molar-refractivity contribution is 0.978. The molecule has 1 aliphatic carbocycles. The summed E-state index contributed by atoms with van der Waals surface area (Å²) in [6.45, 7) is 11.7. The van der Waals surface area contributed by atoms with Crippen LogP contribution in [0, 0.1) is 0 Å². The van der Waals surface area contributed by atoms with Crippen LogP contribution >= 0.6 is 15.9 Å². The molecule has 1 aliphatic rings. The highest BCUT2D eigenvalue weighted by atomic mass is 79.9. The first-order valence-corrected chi connectivity index (χ1v) is 6.08. The third kappa shape index (κ3) is 4.98. The minimum atomic E-state index is 1.02. The van der Waals surface area contributed by atoms with E-state index in [1.807, 2.05) is 19.9 Å². The molecule has 1 heteroatoms. The van der Waals surface area contributed by atoms with Gasteiger partial charge in [-0.25, -0.2) is 0 Å². The first-order chi connectivity index (χ1) is 7.25. The van der Waals surface area contributed by atoms with Crippen LogP contribution in [0.4, 0.5) is 0 Å². The molecule has 0 radical (unpaired) electrons. The molecule has 0 unspecified atom stereocenters. The van der Waals surface area contributed by atoms with Crippen molar-refractivity contribution in [2.75, 3.05) is 0 Å². The summed E-state index contributed by atoms with van der Waals surface area (Å²) in [5, 5.41) is 0. The maximum atomic E-state index is 4.03. The van der Waals surface area contributed by atoms with Crippen molar-refractivity contribution in [1.29, 1.82) is 0 Å². The highest BCUT2D eigenvalue weighted by molar-refractivity contribution is 9.12. The van der Waals surface area contributed by atoms with E-state index in [0.717, 1.165) is 22.9 Å². The van der Waals surface area contributed by atoms with Crippen molar-refractivity contribution < 1.29 is 0 Å². The first-order valence-electron chi connectivity index (χ1n) is 5.29. The molecule has 0 saturated heterocycles. The molecule has 0 saturated carbocycles. The van der Waals surface area contributed by atoms with E-state index < -0.39 is 0 Å². The van der Waals surface area contributed by atoms with Gasteiger partial charge < -0.3 is 0 Å². The van der Waals surface area contributed by atoms with E-state index in [2.05, 4.69) is 47.3 Å². The predicted molar refractivity (Wildman–Crippen MR) is 74.2 cm³/mol. The largest absolute Gasteiger partial charge is 0.0990 e. The highest BCUT2D eigenvalue weighted by Crippen LogP contribution is 2.27. The summed E-state index contributed by atoms with van der Waals surface area (Å²) in [5.74, 6) is 0. The van der Waals surface area contributed by atoms with Crippen molar-refractivity contribution in [3.63, 3.8) is 0 Å². The van der Waals surface area contributed by atoms with Gasteiger partial charge in [-0.05, 0) is 30.1 Å². The molecule has 0 spiro atoms. The van der Waals surface area contributed by atoms with E-state index in [1.165, 1.54) is 5.57 Å². The Hall–Kier alpha value is -0.820. The van der Waals surface area contributed by atoms with Gasteiger partial charge in [0.1, 0.15) is 0 Å². The van der Waals surface area contributed by atoms with Crippen molar-refractivity contribution in [2.24, 2.45) is 0 Å². The van der Waals surface area contributed by atoms with Crippen molar-refractivity contribution >= 4 is 15.9 Å². The highest BCUT2D eigenvalue weighted by Gasteiger charge is 2.05. The Morgan fingerprint density at radius 2 is 2.13 bits per heavy atom. The van der Waals surface area contributed by atoms with Gasteiger partial charge in [0.05, 0.1) is 0 Å². The number of halogens is 1. The van der Waals surface area contributed by atoms with Gasteiger partial charge in [-0.1, -0.05) is 67.2 Å². The van der Waals surface area contributed by atoms with E-state index in [4.69, 9.17) is 0 Å². The molecule has 0 nitrogen and oxygen atoms in total. The van der Waals surface area contributed by atoms with Gasteiger partial charge in [-0.3, -0.25) is 0 Å². The summed E-state index contributed by atoms with van der Waals surface area (Å²) in [5.41, 5.74) is 2.36. The molecule has 1 rings (SSSR count). The summed E-state index contributed by atoms with van der Waals surface area (Å²) >= 11 is 3.46. The Morgan fingerprint density at radius 1 is 1.47 bits per heavy atom. The second-order valence-electron chi connectivity index (χ2n) is 2.89. The maximum Gasteiger partial charge on any atom is 0.0244 e. The lowest BCUT2D eigenvalue weighted by Crippen LogP contribution is -1.91. The van der Waals surface area contributed by atoms with Gasteiger partial charge in [0.2, 0.25) is 0 Å². The number of rotatable bonds is 3. The molecule has 0 aromatic heterocycles. The van der Waals surface area contributed by atoms with E-state index in [-0.39, 0.29) is 0 Å². The second-order valence-corrected chi connectivity index (χ2v) is 3.74. The van der Waals surface area contributed by atoms with Crippen LogP contribution in [0.15, 0.2) is 59.2 Å². The zero-order chi connectivity index (χ0) is 11.7. The quantitative estimate of drug-likeness (QED) is 0.608. The van der Waals surface area contributed by atoms with Crippen molar-refractivity contribution in [3.05, 3.63) is 59.2 Å². The summed E-state index contributed by atoms with van der Waals surface area (Å²) < 4.78 is 1.02. The molecule has 15 heavy (non-hydrogen) atoms. The van der Waals surface area contributed by atoms with E-state index in [0.29, 0.717) is 0 Å². The molecule has 0 atom stereocenters. The van der Waals surface area contributed by atoms with Crippen molar-refractivity contribution in [2.45, 2.75) is 26.7 Å². The normalized spacial score (nSPS) is 14.9. The molecule has 0 aromatic carbocycles. The SMILES string of the molecule is C=C/C=C(/Br)C(=C)C1=CC=CCC1.CC. The van der Waals surface area contributed by atoms with Gasteiger partial charge in [0, 0.05) is 4.48 Å². The Labute approximate surface area is 102 Å². The molecule has 0 aliphatic heterocycles. The van der Waals surface area contributed by atoms with Gasteiger partial charge in [-0.2, -0.15) is 0 Å². The number of allylic oxidation sites excluding steroid dienone is 8. The smallest absolute Gasteiger partial charge is 0.0244 e. The molecule has 82 valence electrons. The van der Waals surface area contributed by atoms with Crippen molar-refractivity contribution in [3.8, 4) is 0 Å². The van der Waals surface area contributed by atoms with Crippen LogP contribution in [0.25, 0.3) is 0 Å². The molecular formula is C14H19Br. The lowest BCUT2D eigenvalue weighted by Gasteiger charge is -2.11. The van der Waals surface area contributed by atoms with E-state index in [1.54, 1.807) is 6.08 Å². The molecule has 0 heterocycles. The summed E-state index contributed by atoms with van der Waals surface area (Å²) in [6.07, 6.45) is 12.2. The van der Waals surface area contributed by atoms with Crippen LogP contribution in [0.1, 0.15) is 26.7 Å². The van der Waals surface area contributed by atoms with Crippen LogP contribution < -0.4 is 0 Å². The van der Waals surface area contributed by atoms with Gasteiger partial charge in [0.15, 0.2) is 0 Å². The predicted octanol–water partition coefficient (Wildman–Crippen LogP) is 5.31. The van der Waals surface area contributed by atoms with Crippen LogP contribution in [-0.4, -0.2) is 0 Å². The Bertz CT molecular complexity index is 303. The topological polar surface area (TPSA) is 0 Å². The zero-order valence-corrected chi connectivity index (χ0v) is 11.2. The fourth-order valence-corrected chi connectivity index (χ4v) is 1.65. The van der Waals surface area contributed by atoms with Gasteiger partial charge >= 0.3 is 0 Å². The van der Waals surface area contributed by atoms with Crippen LogP contribution in [0.2, 0.25) is 0 Å². The van der Waals surface area contributed by atoms with E-state index in [9.17, 15) is 0 Å². The first kappa shape index (κ1) is 14.2. The van der Waals surface area contributed by atoms with Gasteiger partial charge in [-0.15, -0.1) is 0 Å². The molecule has 0 bridgehead atoms. The number of hydrogen-bond acceptors (Lipinski definition) is 0. The monoisotopic (exact) mass is 266 g/mol. The Kier molecular flexibility index (Phi) is 8.02. The lowest BCUT2D eigenvalue weighted by atomic mass is 9.98. The van der Waals surface area contributed by atoms with Crippen LogP contribution in [-0.2, 0) is 0 Å². The fraction of sp³-hybridized carbons (Fsp3) is 0.286. The average molecular weight is 267 g/mol. The number of hydrogen-bond donors (Lipinski definition) is 0. The second kappa shape index (κ2) is 8.49. The summed E-state index contributed by atoms with van der Waals surface area (Å²) in [7, 11) is 0. The third-order valence-corrected chi connectivity index (χ3v) is 2.70. The molecule has 0 aromatic rings. The average Bonchev–Trinajstić information content (AvgIpc) is 2.32. The standard InChI is InChI=1S/C12H13Br.C2H6/c1-3-7-12(13)10(2)11-8-5-4-6-9-11;1-2/h3-5,7-8H,1-2,6,9H2;1-2H3/b12-7+;. The van der Waals surface area contributed by atoms with Crippen LogP contribution in [0.5, 0.6) is 0 Å². The molecular weight excluding hydrogens is 248 g/mol. The maximum absolute atomic E-state index is 4.03. The minimum Gasteiger partial charge on any atom is -0.0990 e. The zero-order valence-electron chi connectivity index (χ0n) is 9.59. The summed E-state index contributed by atoms with van der Waals surface area (Å²) in [6, 6.07) is 0. The fourth-order valence-electron chi connectivity index (χ4n) is 1.21. The van der Waals surface area contributed by atoms with Gasteiger partial charge in [0.25, 0.3) is 0 Å². The van der Waals surface area contributed by atoms with Crippen LogP contribution in [0.3, 0.4) is 0 Å². The Morgan fingerprint density at radius 3 is 2.60 bits per heavy atom. The Balaban J connectivity index is 0.000000921. The van der Waals surface area contributed by atoms with E-state index >= 15 is 0 Å².